The third kappa shape index (κ3) is 4.72. The number of carbonyl (C=O) groups is 2. The molecular formula is C12H18N2O3. The van der Waals surface area contributed by atoms with Gasteiger partial charge in [0.1, 0.15) is 11.8 Å². The smallest absolute Gasteiger partial charge is 0.242 e. The molecule has 1 rings (SSSR count). The Labute approximate surface area is 101 Å². The molecule has 0 aromatic carbocycles. The Bertz CT molecular complexity index is 373. The van der Waals surface area contributed by atoms with Crippen molar-refractivity contribution in [2.75, 3.05) is 0 Å². The van der Waals surface area contributed by atoms with Crippen molar-refractivity contribution in [1.82, 2.24) is 10.6 Å². The first-order valence-electron chi connectivity index (χ1n) is 5.59. The molecule has 0 aliphatic heterocycles. The lowest BCUT2D eigenvalue weighted by Gasteiger charge is -2.17. The number of nitrogens with one attached hydrogen (secondary N) is 2. The highest BCUT2D eigenvalue weighted by molar-refractivity contribution is 5.86. The second-order valence-electron chi connectivity index (χ2n) is 4.12. The van der Waals surface area contributed by atoms with Crippen molar-refractivity contribution in [2.24, 2.45) is 0 Å². The normalized spacial score (nSPS) is 13.8. The Morgan fingerprint density at radius 2 is 2.06 bits per heavy atom. The molecule has 0 aliphatic rings. The molecule has 94 valence electrons. The first-order chi connectivity index (χ1) is 7.99. The fourth-order valence-electron chi connectivity index (χ4n) is 1.52. The van der Waals surface area contributed by atoms with Crippen LogP contribution in [0.2, 0.25) is 0 Å². The lowest BCUT2D eigenvalue weighted by atomic mass is 10.2. The van der Waals surface area contributed by atoms with Gasteiger partial charge in [-0.15, -0.1) is 0 Å². The maximum atomic E-state index is 11.7. The number of amides is 2. The molecule has 0 spiro atoms. The van der Waals surface area contributed by atoms with E-state index in [-0.39, 0.29) is 17.9 Å². The summed E-state index contributed by atoms with van der Waals surface area (Å²) in [7, 11) is 0. The molecular weight excluding hydrogens is 220 g/mol. The van der Waals surface area contributed by atoms with Crippen molar-refractivity contribution in [1.29, 1.82) is 0 Å². The molecule has 1 aromatic heterocycles. The van der Waals surface area contributed by atoms with Crippen LogP contribution in [0.1, 0.15) is 26.5 Å². The van der Waals surface area contributed by atoms with Crippen LogP contribution in [0.3, 0.4) is 0 Å². The van der Waals surface area contributed by atoms with Gasteiger partial charge in [0.2, 0.25) is 11.8 Å². The van der Waals surface area contributed by atoms with Gasteiger partial charge in [0.05, 0.1) is 6.26 Å². The first kappa shape index (κ1) is 13.3. The standard InChI is InChI=1S/C12H18N2O3/c1-8(7-11-5-4-6-17-11)13-12(16)9(2)14-10(3)15/h4-6,8-9H,7H2,1-3H3,(H,13,16)(H,14,15)/t8-,9-/m1/s1. The van der Waals surface area contributed by atoms with E-state index >= 15 is 0 Å². The highest BCUT2D eigenvalue weighted by Crippen LogP contribution is 2.03. The van der Waals surface area contributed by atoms with Crippen molar-refractivity contribution < 1.29 is 14.0 Å². The third-order valence-corrected chi connectivity index (χ3v) is 2.29. The van der Waals surface area contributed by atoms with Crippen molar-refractivity contribution in [3.05, 3.63) is 24.2 Å². The van der Waals surface area contributed by atoms with Gasteiger partial charge in [-0.2, -0.15) is 0 Å². The van der Waals surface area contributed by atoms with E-state index in [4.69, 9.17) is 4.42 Å². The molecule has 2 amide bonds. The molecule has 17 heavy (non-hydrogen) atoms. The van der Waals surface area contributed by atoms with Gasteiger partial charge < -0.3 is 15.1 Å². The summed E-state index contributed by atoms with van der Waals surface area (Å²) in [5.74, 6) is 0.413. The van der Waals surface area contributed by atoms with Crippen molar-refractivity contribution >= 4 is 11.8 Å². The summed E-state index contributed by atoms with van der Waals surface area (Å²) in [6.07, 6.45) is 2.23. The topological polar surface area (TPSA) is 71.3 Å². The predicted molar refractivity (Wildman–Crippen MR) is 63.3 cm³/mol. The SMILES string of the molecule is CC(=O)N[C@H](C)C(=O)N[C@H](C)Cc1ccco1. The Balaban J connectivity index is 2.37. The van der Waals surface area contributed by atoms with Crippen LogP contribution in [0, 0.1) is 0 Å². The minimum Gasteiger partial charge on any atom is -0.469 e. The highest BCUT2D eigenvalue weighted by atomic mass is 16.3. The molecule has 0 unspecified atom stereocenters. The van der Waals surface area contributed by atoms with Crippen LogP contribution in [0.25, 0.3) is 0 Å². The maximum absolute atomic E-state index is 11.7. The zero-order valence-electron chi connectivity index (χ0n) is 10.3. The van der Waals surface area contributed by atoms with Crippen LogP contribution in [0.15, 0.2) is 22.8 Å². The highest BCUT2D eigenvalue weighted by Gasteiger charge is 2.16. The van der Waals surface area contributed by atoms with E-state index in [1.807, 2.05) is 19.1 Å². The number of carbonyl (C=O) groups excluding carboxylic acids is 2. The van der Waals surface area contributed by atoms with Crippen molar-refractivity contribution in [2.45, 2.75) is 39.3 Å². The number of hydrogen-bond donors (Lipinski definition) is 2. The van der Waals surface area contributed by atoms with Gasteiger partial charge in [-0.25, -0.2) is 0 Å². The summed E-state index contributed by atoms with van der Waals surface area (Å²) in [6.45, 7) is 4.92. The lowest BCUT2D eigenvalue weighted by Crippen LogP contribution is -2.47. The van der Waals surface area contributed by atoms with Gasteiger partial charge in [0, 0.05) is 19.4 Å². The molecule has 0 radical (unpaired) electrons. The molecule has 5 heteroatoms. The fraction of sp³-hybridized carbons (Fsp3) is 0.500. The number of hydrogen-bond acceptors (Lipinski definition) is 3. The van der Waals surface area contributed by atoms with Crippen LogP contribution in [0.4, 0.5) is 0 Å². The minimum absolute atomic E-state index is 0.0372. The molecule has 0 saturated carbocycles. The maximum Gasteiger partial charge on any atom is 0.242 e. The largest absolute Gasteiger partial charge is 0.469 e. The molecule has 0 bridgehead atoms. The van der Waals surface area contributed by atoms with Crippen LogP contribution in [0.5, 0.6) is 0 Å². The molecule has 0 fully saturated rings. The monoisotopic (exact) mass is 238 g/mol. The molecule has 2 atom stereocenters. The molecule has 0 saturated heterocycles. The first-order valence-corrected chi connectivity index (χ1v) is 5.59. The lowest BCUT2D eigenvalue weighted by molar-refractivity contribution is -0.128. The predicted octanol–water partition coefficient (Wildman–Crippen LogP) is 0.851. The van der Waals surface area contributed by atoms with Gasteiger partial charge in [-0.3, -0.25) is 9.59 Å². The van der Waals surface area contributed by atoms with Crippen LogP contribution in [-0.4, -0.2) is 23.9 Å². The molecule has 5 nitrogen and oxygen atoms in total. The molecule has 1 aromatic rings. The van der Waals surface area contributed by atoms with E-state index in [1.165, 1.54) is 6.92 Å². The summed E-state index contributed by atoms with van der Waals surface area (Å²) < 4.78 is 5.19. The zero-order valence-corrected chi connectivity index (χ0v) is 10.3. The second-order valence-corrected chi connectivity index (χ2v) is 4.12. The second kappa shape index (κ2) is 6.08. The van der Waals surface area contributed by atoms with Gasteiger partial charge in [-0.05, 0) is 26.0 Å². The van der Waals surface area contributed by atoms with E-state index in [0.29, 0.717) is 6.42 Å². The zero-order chi connectivity index (χ0) is 12.8. The average molecular weight is 238 g/mol. The molecule has 1 heterocycles. The average Bonchev–Trinajstić information content (AvgIpc) is 2.68. The number of rotatable bonds is 5. The summed E-state index contributed by atoms with van der Waals surface area (Å²) in [4.78, 5) is 22.5. The van der Waals surface area contributed by atoms with E-state index in [9.17, 15) is 9.59 Å². The minimum atomic E-state index is -0.522. The Kier molecular flexibility index (Phi) is 4.75. The summed E-state index contributed by atoms with van der Waals surface area (Å²) in [5, 5.41) is 5.34. The quantitative estimate of drug-likeness (QED) is 0.799. The van der Waals surface area contributed by atoms with Gasteiger partial charge in [0.15, 0.2) is 0 Å². The van der Waals surface area contributed by atoms with E-state index < -0.39 is 6.04 Å². The van der Waals surface area contributed by atoms with E-state index in [2.05, 4.69) is 10.6 Å². The van der Waals surface area contributed by atoms with Gasteiger partial charge >= 0.3 is 0 Å². The summed E-state index contributed by atoms with van der Waals surface area (Å²) in [5.41, 5.74) is 0. The third-order valence-electron chi connectivity index (χ3n) is 2.29. The van der Waals surface area contributed by atoms with Crippen LogP contribution >= 0.6 is 0 Å². The summed E-state index contributed by atoms with van der Waals surface area (Å²) >= 11 is 0. The molecule has 2 N–H and O–H groups in total. The fourth-order valence-corrected chi connectivity index (χ4v) is 1.52. The van der Waals surface area contributed by atoms with Gasteiger partial charge in [0.25, 0.3) is 0 Å². The van der Waals surface area contributed by atoms with Crippen molar-refractivity contribution in [3.63, 3.8) is 0 Å². The van der Waals surface area contributed by atoms with Crippen molar-refractivity contribution in [3.8, 4) is 0 Å². The summed E-state index contributed by atoms with van der Waals surface area (Å²) in [6, 6.07) is 3.11. The Morgan fingerprint density at radius 3 is 2.59 bits per heavy atom. The van der Waals surface area contributed by atoms with Gasteiger partial charge in [-0.1, -0.05) is 0 Å². The van der Waals surface area contributed by atoms with E-state index in [1.54, 1.807) is 13.2 Å². The number of furan rings is 1. The Morgan fingerprint density at radius 1 is 1.35 bits per heavy atom. The van der Waals surface area contributed by atoms with E-state index in [0.717, 1.165) is 5.76 Å². The van der Waals surface area contributed by atoms with Crippen LogP contribution < -0.4 is 10.6 Å². The Hall–Kier alpha value is -1.78. The van der Waals surface area contributed by atoms with Crippen LogP contribution in [-0.2, 0) is 16.0 Å². The molecule has 0 aliphatic carbocycles.